The molecule has 0 saturated carbocycles. The van der Waals surface area contributed by atoms with Crippen molar-refractivity contribution in [2.24, 2.45) is 0 Å². The van der Waals surface area contributed by atoms with Gasteiger partial charge in [0.1, 0.15) is 15.6 Å². The lowest BCUT2D eigenvalue weighted by molar-refractivity contribution is 0.0702. The predicted octanol–water partition coefficient (Wildman–Crippen LogP) is 4.18. The average Bonchev–Trinajstić information content (AvgIpc) is 3.01. The van der Waals surface area contributed by atoms with Gasteiger partial charge in [-0.2, -0.15) is 0 Å². The van der Waals surface area contributed by atoms with Gasteiger partial charge in [0.05, 0.1) is 12.8 Å². The molecule has 0 spiro atoms. The summed E-state index contributed by atoms with van der Waals surface area (Å²) >= 11 is 1.18. The molecule has 0 saturated heterocycles. The zero-order valence-corrected chi connectivity index (χ0v) is 12.6. The number of benzene rings is 2. The molecule has 2 aromatic carbocycles. The van der Waals surface area contributed by atoms with Crippen LogP contribution in [-0.2, 0) is 0 Å². The molecule has 0 radical (unpaired) electrons. The van der Waals surface area contributed by atoms with Crippen molar-refractivity contribution in [2.45, 2.75) is 0 Å². The highest BCUT2D eigenvalue weighted by Crippen LogP contribution is 2.34. The molecule has 0 fully saturated rings. The van der Waals surface area contributed by atoms with Crippen molar-refractivity contribution in [3.05, 3.63) is 59.5 Å². The van der Waals surface area contributed by atoms with Crippen LogP contribution < -0.4 is 4.74 Å². The van der Waals surface area contributed by atoms with E-state index in [2.05, 4.69) is 4.98 Å². The topological polar surface area (TPSA) is 59.4 Å². The Balaban J connectivity index is 2.08. The lowest BCUT2D eigenvalue weighted by Gasteiger charge is -2.00. The molecule has 5 heteroatoms. The van der Waals surface area contributed by atoms with E-state index >= 15 is 0 Å². The molecule has 1 aromatic heterocycles. The number of thiazole rings is 1. The van der Waals surface area contributed by atoms with Crippen molar-refractivity contribution in [3.8, 4) is 27.6 Å². The molecular formula is C17H13NO3S. The minimum Gasteiger partial charge on any atom is -0.497 e. The van der Waals surface area contributed by atoms with Crippen molar-refractivity contribution in [2.75, 3.05) is 7.11 Å². The maximum Gasteiger partial charge on any atom is 0.348 e. The first-order valence-corrected chi connectivity index (χ1v) is 7.44. The number of aromatic carboxylic acids is 1. The number of aromatic nitrogens is 1. The molecule has 0 aliphatic carbocycles. The summed E-state index contributed by atoms with van der Waals surface area (Å²) in [5.41, 5.74) is 2.18. The molecule has 110 valence electrons. The Bertz CT molecular complexity index is 795. The van der Waals surface area contributed by atoms with Gasteiger partial charge >= 0.3 is 5.97 Å². The van der Waals surface area contributed by atoms with Crippen molar-refractivity contribution in [1.82, 2.24) is 4.98 Å². The summed E-state index contributed by atoms with van der Waals surface area (Å²) in [6.45, 7) is 0. The zero-order valence-electron chi connectivity index (χ0n) is 11.8. The first-order chi connectivity index (χ1) is 10.7. The maximum atomic E-state index is 11.5. The number of carboxylic acids is 1. The van der Waals surface area contributed by atoms with E-state index in [9.17, 15) is 9.90 Å². The minimum absolute atomic E-state index is 0.247. The van der Waals surface area contributed by atoms with Crippen LogP contribution in [0.1, 0.15) is 9.67 Å². The van der Waals surface area contributed by atoms with E-state index in [0.717, 1.165) is 16.9 Å². The highest BCUT2D eigenvalue weighted by atomic mass is 32.1. The van der Waals surface area contributed by atoms with E-state index in [0.29, 0.717) is 10.7 Å². The van der Waals surface area contributed by atoms with Crippen LogP contribution in [0, 0.1) is 0 Å². The Morgan fingerprint density at radius 2 is 1.73 bits per heavy atom. The van der Waals surface area contributed by atoms with Gasteiger partial charge in [0.15, 0.2) is 0 Å². The molecule has 0 unspecified atom stereocenters. The number of carboxylic acid groups (broad SMARTS) is 1. The van der Waals surface area contributed by atoms with Crippen molar-refractivity contribution < 1.29 is 14.6 Å². The van der Waals surface area contributed by atoms with Gasteiger partial charge in [-0.3, -0.25) is 0 Å². The maximum absolute atomic E-state index is 11.5. The van der Waals surface area contributed by atoms with E-state index < -0.39 is 5.97 Å². The lowest BCUT2D eigenvalue weighted by Crippen LogP contribution is -1.95. The van der Waals surface area contributed by atoms with Crippen LogP contribution in [0.4, 0.5) is 0 Å². The number of hydrogen-bond donors (Lipinski definition) is 1. The van der Waals surface area contributed by atoms with Gasteiger partial charge in [-0.25, -0.2) is 9.78 Å². The molecule has 22 heavy (non-hydrogen) atoms. The fourth-order valence-corrected chi connectivity index (χ4v) is 3.05. The number of ether oxygens (including phenoxy) is 1. The number of rotatable bonds is 4. The monoisotopic (exact) mass is 311 g/mol. The Morgan fingerprint density at radius 3 is 2.32 bits per heavy atom. The van der Waals surface area contributed by atoms with Crippen LogP contribution >= 0.6 is 11.3 Å². The van der Waals surface area contributed by atoms with Crippen LogP contribution in [0.2, 0.25) is 0 Å². The van der Waals surface area contributed by atoms with Crippen LogP contribution in [0.5, 0.6) is 5.75 Å². The summed E-state index contributed by atoms with van der Waals surface area (Å²) in [6, 6.07) is 16.8. The summed E-state index contributed by atoms with van der Waals surface area (Å²) in [5.74, 6) is -0.210. The van der Waals surface area contributed by atoms with E-state index in [-0.39, 0.29) is 4.88 Å². The Kier molecular flexibility index (Phi) is 3.89. The lowest BCUT2D eigenvalue weighted by atomic mass is 10.1. The normalized spacial score (nSPS) is 10.4. The van der Waals surface area contributed by atoms with Gasteiger partial charge in [-0.1, -0.05) is 30.3 Å². The molecule has 0 aliphatic rings. The van der Waals surface area contributed by atoms with E-state index in [1.807, 2.05) is 54.6 Å². The molecule has 0 aliphatic heterocycles. The number of methoxy groups -OCH3 is 1. The van der Waals surface area contributed by atoms with Gasteiger partial charge in [0.2, 0.25) is 0 Å². The minimum atomic E-state index is -0.962. The number of hydrogen-bond acceptors (Lipinski definition) is 4. The Morgan fingerprint density at radius 1 is 1.05 bits per heavy atom. The second-order valence-electron chi connectivity index (χ2n) is 4.60. The Labute approximate surface area is 131 Å². The summed E-state index contributed by atoms with van der Waals surface area (Å²) in [4.78, 5) is 16.3. The zero-order chi connectivity index (χ0) is 15.5. The Hall–Kier alpha value is -2.66. The van der Waals surface area contributed by atoms with Gasteiger partial charge < -0.3 is 9.84 Å². The first kappa shape index (κ1) is 14.3. The highest BCUT2D eigenvalue weighted by Gasteiger charge is 2.19. The molecule has 1 N–H and O–H groups in total. The van der Waals surface area contributed by atoms with E-state index in [1.54, 1.807) is 7.11 Å². The first-order valence-electron chi connectivity index (χ1n) is 6.63. The van der Waals surface area contributed by atoms with Gasteiger partial charge in [-0.05, 0) is 24.3 Å². The largest absolute Gasteiger partial charge is 0.497 e. The number of nitrogens with zero attached hydrogens (tertiary/aromatic N) is 1. The van der Waals surface area contributed by atoms with Gasteiger partial charge in [0, 0.05) is 11.1 Å². The molecular weight excluding hydrogens is 298 g/mol. The van der Waals surface area contributed by atoms with Crippen molar-refractivity contribution >= 4 is 17.3 Å². The van der Waals surface area contributed by atoms with Crippen molar-refractivity contribution in [3.63, 3.8) is 0 Å². The molecule has 0 amide bonds. The average molecular weight is 311 g/mol. The third-order valence-electron chi connectivity index (χ3n) is 3.21. The third-order valence-corrected chi connectivity index (χ3v) is 4.30. The summed E-state index contributed by atoms with van der Waals surface area (Å²) in [5, 5.41) is 10.1. The standard InChI is InChI=1S/C17H13NO3S/c1-21-13-9-7-12(8-10-13)16-18-14(15(22-16)17(19)20)11-5-3-2-4-6-11/h2-10H,1H3,(H,19,20). The second kappa shape index (κ2) is 5.99. The van der Waals surface area contributed by atoms with Crippen molar-refractivity contribution in [1.29, 1.82) is 0 Å². The second-order valence-corrected chi connectivity index (χ2v) is 5.60. The van der Waals surface area contributed by atoms with Crippen LogP contribution in [-0.4, -0.2) is 23.2 Å². The third kappa shape index (κ3) is 2.71. The summed E-state index contributed by atoms with van der Waals surface area (Å²) in [6.07, 6.45) is 0. The molecule has 0 bridgehead atoms. The summed E-state index contributed by atoms with van der Waals surface area (Å²) < 4.78 is 5.13. The molecule has 1 heterocycles. The predicted molar refractivity (Wildman–Crippen MR) is 86.5 cm³/mol. The fourth-order valence-electron chi connectivity index (χ4n) is 2.11. The van der Waals surface area contributed by atoms with Crippen LogP contribution in [0.15, 0.2) is 54.6 Å². The molecule has 4 nitrogen and oxygen atoms in total. The van der Waals surface area contributed by atoms with Crippen LogP contribution in [0.3, 0.4) is 0 Å². The van der Waals surface area contributed by atoms with E-state index in [4.69, 9.17) is 4.74 Å². The highest BCUT2D eigenvalue weighted by molar-refractivity contribution is 7.17. The summed E-state index contributed by atoms with van der Waals surface area (Å²) in [7, 11) is 1.61. The van der Waals surface area contributed by atoms with Crippen LogP contribution in [0.25, 0.3) is 21.8 Å². The van der Waals surface area contributed by atoms with Gasteiger partial charge in [-0.15, -0.1) is 11.3 Å². The number of carbonyl (C=O) groups is 1. The molecule has 3 aromatic rings. The quantitative estimate of drug-likeness (QED) is 0.785. The molecule has 3 rings (SSSR count). The SMILES string of the molecule is COc1ccc(-c2nc(-c3ccccc3)c(C(=O)O)s2)cc1. The molecule has 0 atom stereocenters. The smallest absolute Gasteiger partial charge is 0.348 e. The fraction of sp³-hybridized carbons (Fsp3) is 0.0588. The van der Waals surface area contributed by atoms with Gasteiger partial charge in [0.25, 0.3) is 0 Å². The van der Waals surface area contributed by atoms with E-state index in [1.165, 1.54) is 11.3 Å².